The van der Waals surface area contributed by atoms with Crippen molar-refractivity contribution < 1.29 is 9.59 Å². The molecule has 1 aromatic heterocycles. The van der Waals surface area contributed by atoms with Gasteiger partial charge in [0.15, 0.2) is 10.9 Å². The largest absolute Gasteiger partial charge is 0.356 e. The first kappa shape index (κ1) is 25.4. The van der Waals surface area contributed by atoms with Gasteiger partial charge in [0.1, 0.15) is 0 Å². The molecule has 1 heterocycles. The Hall–Kier alpha value is -3.71. The van der Waals surface area contributed by atoms with Crippen molar-refractivity contribution in [1.29, 1.82) is 0 Å². The summed E-state index contributed by atoms with van der Waals surface area (Å²) < 4.78 is 1.63. The van der Waals surface area contributed by atoms with Gasteiger partial charge in [0.2, 0.25) is 5.91 Å². The van der Waals surface area contributed by atoms with Crippen molar-refractivity contribution in [2.24, 2.45) is 0 Å². The van der Waals surface area contributed by atoms with Gasteiger partial charge in [0.05, 0.1) is 21.8 Å². The number of aryl methyl sites for hydroxylation is 1. The van der Waals surface area contributed by atoms with Crippen molar-refractivity contribution in [1.82, 2.24) is 14.9 Å². The lowest BCUT2D eigenvalue weighted by atomic mass is 10.0. The van der Waals surface area contributed by atoms with E-state index in [0.717, 1.165) is 22.4 Å². The highest BCUT2D eigenvalue weighted by Crippen LogP contribution is 2.28. The first-order valence-corrected chi connectivity index (χ1v) is 12.8. The van der Waals surface area contributed by atoms with E-state index in [4.69, 9.17) is 4.98 Å². The first-order valence-electron chi connectivity index (χ1n) is 11.9. The van der Waals surface area contributed by atoms with Gasteiger partial charge in [0.25, 0.3) is 5.56 Å². The first-order chi connectivity index (χ1) is 17.3. The number of para-hydroxylation sites is 1. The summed E-state index contributed by atoms with van der Waals surface area (Å²) in [6, 6.07) is 20.6. The van der Waals surface area contributed by atoms with Gasteiger partial charge in [-0.2, -0.15) is 0 Å². The fourth-order valence-corrected chi connectivity index (χ4v) is 5.04. The average molecular weight is 500 g/mol. The number of fused-ring (bicyclic) bond motifs is 1. The van der Waals surface area contributed by atoms with Crippen LogP contribution >= 0.6 is 11.8 Å². The third-order valence-corrected chi connectivity index (χ3v) is 7.29. The predicted molar refractivity (Wildman–Crippen MR) is 145 cm³/mol. The number of ketones is 1. The molecule has 1 atom stereocenters. The number of carbonyl (C=O) groups excluding carboxylic acids is 2. The molecule has 0 radical (unpaired) electrons. The molecule has 0 saturated heterocycles. The fourth-order valence-electron chi connectivity index (χ4n) is 4.05. The Balaban J connectivity index is 1.65. The Morgan fingerprint density at radius 3 is 2.44 bits per heavy atom. The minimum absolute atomic E-state index is 0.0386. The predicted octanol–water partition coefficient (Wildman–Crippen LogP) is 5.04. The fraction of sp³-hybridized carbons (Fsp3) is 0.241. The number of nitrogens with zero attached hydrogens (tertiary/aromatic N) is 2. The second-order valence-electron chi connectivity index (χ2n) is 8.83. The monoisotopic (exact) mass is 499 g/mol. The van der Waals surface area contributed by atoms with Crippen molar-refractivity contribution in [2.75, 3.05) is 6.54 Å². The smallest absolute Gasteiger partial charge is 0.266 e. The molecular weight excluding hydrogens is 470 g/mol. The number of benzene rings is 3. The van der Waals surface area contributed by atoms with Gasteiger partial charge >= 0.3 is 0 Å². The van der Waals surface area contributed by atoms with Gasteiger partial charge in [-0.15, -0.1) is 0 Å². The van der Waals surface area contributed by atoms with Crippen LogP contribution in [-0.4, -0.2) is 33.0 Å². The number of aromatic nitrogens is 2. The van der Waals surface area contributed by atoms with Crippen LogP contribution in [0.25, 0.3) is 16.6 Å². The molecule has 0 fully saturated rings. The quantitative estimate of drug-likeness (QED) is 0.209. The second-order valence-corrected chi connectivity index (χ2v) is 10.1. The van der Waals surface area contributed by atoms with E-state index in [1.165, 1.54) is 18.7 Å². The van der Waals surface area contributed by atoms with Crippen LogP contribution in [0.1, 0.15) is 40.9 Å². The molecule has 0 aliphatic carbocycles. The Morgan fingerprint density at radius 1 is 1.00 bits per heavy atom. The van der Waals surface area contributed by atoms with Crippen molar-refractivity contribution in [2.45, 2.75) is 44.5 Å². The van der Waals surface area contributed by atoms with Crippen LogP contribution in [0.3, 0.4) is 0 Å². The van der Waals surface area contributed by atoms with Gasteiger partial charge in [-0.1, -0.05) is 60.3 Å². The van der Waals surface area contributed by atoms with Gasteiger partial charge in [-0.3, -0.25) is 19.0 Å². The van der Waals surface area contributed by atoms with Crippen LogP contribution in [0.15, 0.2) is 76.7 Å². The molecule has 0 aliphatic heterocycles. The highest BCUT2D eigenvalue weighted by molar-refractivity contribution is 8.00. The molecule has 6 nitrogen and oxygen atoms in total. The SMILES string of the molecule is CC(=O)NCCc1ccc(C(=O)C(C)Sc2nc3ccccc3c(=O)n2-c2cccc(C)c2C)cc1. The summed E-state index contributed by atoms with van der Waals surface area (Å²) in [6.45, 7) is 7.88. The Bertz CT molecular complexity index is 1490. The van der Waals surface area contributed by atoms with Crippen molar-refractivity contribution >= 4 is 34.4 Å². The minimum Gasteiger partial charge on any atom is -0.356 e. The molecule has 7 heteroatoms. The summed E-state index contributed by atoms with van der Waals surface area (Å²) in [6.07, 6.45) is 0.696. The van der Waals surface area contributed by atoms with E-state index in [1.54, 1.807) is 10.6 Å². The maximum atomic E-state index is 13.6. The molecule has 3 aromatic carbocycles. The maximum absolute atomic E-state index is 13.6. The molecule has 0 bridgehead atoms. The van der Waals surface area contributed by atoms with E-state index in [0.29, 0.717) is 34.6 Å². The van der Waals surface area contributed by atoms with Crippen LogP contribution in [0.4, 0.5) is 0 Å². The van der Waals surface area contributed by atoms with Crippen LogP contribution in [0.2, 0.25) is 0 Å². The van der Waals surface area contributed by atoms with Crippen LogP contribution < -0.4 is 10.9 Å². The third kappa shape index (κ3) is 5.41. The molecule has 4 rings (SSSR count). The molecule has 184 valence electrons. The minimum atomic E-state index is -0.459. The number of hydrogen-bond acceptors (Lipinski definition) is 5. The lowest BCUT2D eigenvalue weighted by Crippen LogP contribution is -2.24. The molecule has 0 saturated carbocycles. The number of amides is 1. The van der Waals surface area contributed by atoms with Gasteiger partial charge < -0.3 is 5.32 Å². The van der Waals surface area contributed by atoms with E-state index in [1.807, 2.05) is 81.4 Å². The zero-order valence-electron chi connectivity index (χ0n) is 20.9. The molecule has 1 unspecified atom stereocenters. The van der Waals surface area contributed by atoms with E-state index < -0.39 is 5.25 Å². The third-order valence-electron chi connectivity index (χ3n) is 6.24. The molecule has 0 spiro atoms. The summed E-state index contributed by atoms with van der Waals surface area (Å²) in [5.74, 6) is -0.0994. The lowest BCUT2D eigenvalue weighted by Gasteiger charge is -2.18. The molecule has 1 amide bonds. The van der Waals surface area contributed by atoms with Gasteiger partial charge in [-0.05, 0) is 62.1 Å². The number of Topliss-reactive ketones (excluding diaryl/α,β-unsaturated/α-hetero) is 1. The topological polar surface area (TPSA) is 81.1 Å². The number of rotatable bonds is 8. The van der Waals surface area contributed by atoms with Crippen LogP contribution in [-0.2, 0) is 11.2 Å². The molecule has 1 N–H and O–H groups in total. The Morgan fingerprint density at radius 2 is 1.72 bits per heavy atom. The highest BCUT2D eigenvalue weighted by Gasteiger charge is 2.22. The summed E-state index contributed by atoms with van der Waals surface area (Å²) in [7, 11) is 0. The summed E-state index contributed by atoms with van der Waals surface area (Å²) >= 11 is 1.29. The summed E-state index contributed by atoms with van der Waals surface area (Å²) in [5.41, 5.74) is 4.93. The number of thioether (sulfide) groups is 1. The van der Waals surface area contributed by atoms with Crippen LogP contribution in [0, 0.1) is 13.8 Å². The number of nitrogens with one attached hydrogen (secondary N) is 1. The second kappa shape index (κ2) is 10.9. The normalized spacial score (nSPS) is 11.9. The van der Waals surface area contributed by atoms with Gasteiger partial charge in [0, 0.05) is 19.0 Å². The Labute approximate surface area is 214 Å². The maximum Gasteiger partial charge on any atom is 0.266 e. The standard InChI is InChI=1S/C29H29N3O3S/c1-18-8-7-11-26(19(18)2)32-28(35)24-9-5-6-10-25(24)31-29(32)36-20(3)27(34)23-14-12-22(13-15-23)16-17-30-21(4)33/h5-15,20H,16-17H2,1-4H3,(H,30,33). The lowest BCUT2D eigenvalue weighted by molar-refractivity contribution is -0.118. The number of carbonyl (C=O) groups is 2. The zero-order valence-corrected chi connectivity index (χ0v) is 21.7. The van der Waals surface area contributed by atoms with E-state index in [9.17, 15) is 14.4 Å². The molecular formula is C29H29N3O3S. The molecule has 4 aromatic rings. The molecule has 0 aliphatic rings. The van der Waals surface area contributed by atoms with Crippen molar-refractivity contribution in [3.05, 3.63) is 99.3 Å². The van der Waals surface area contributed by atoms with Crippen molar-refractivity contribution in [3.63, 3.8) is 0 Å². The molecule has 36 heavy (non-hydrogen) atoms. The summed E-state index contributed by atoms with van der Waals surface area (Å²) in [4.78, 5) is 42.7. The zero-order chi connectivity index (χ0) is 25.8. The van der Waals surface area contributed by atoms with Crippen LogP contribution in [0.5, 0.6) is 0 Å². The Kier molecular flexibility index (Phi) is 7.70. The van der Waals surface area contributed by atoms with E-state index >= 15 is 0 Å². The van der Waals surface area contributed by atoms with Crippen molar-refractivity contribution in [3.8, 4) is 5.69 Å². The van der Waals surface area contributed by atoms with Gasteiger partial charge in [-0.25, -0.2) is 4.98 Å². The number of hydrogen-bond donors (Lipinski definition) is 1. The van der Waals surface area contributed by atoms with E-state index in [-0.39, 0.29) is 17.2 Å². The summed E-state index contributed by atoms with van der Waals surface area (Å²) in [5, 5.41) is 3.34. The van der Waals surface area contributed by atoms with E-state index in [2.05, 4.69) is 5.32 Å². The highest BCUT2D eigenvalue weighted by atomic mass is 32.2. The average Bonchev–Trinajstić information content (AvgIpc) is 2.86.